The van der Waals surface area contributed by atoms with Crippen LogP contribution in [0.3, 0.4) is 0 Å². The Balaban J connectivity index is 2.02. The summed E-state index contributed by atoms with van der Waals surface area (Å²) in [6.45, 7) is 3.73. The highest BCUT2D eigenvalue weighted by Crippen LogP contribution is 2.24. The first-order valence-corrected chi connectivity index (χ1v) is 6.93. The van der Waals surface area contributed by atoms with E-state index in [1.807, 2.05) is 24.3 Å². The van der Waals surface area contributed by atoms with E-state index in [0.29, 0.717) is 0 Å². The Hall–Kier alpha value is -1.54. The molecule has 2 rings (SSSR count). The third-order valence-corrected chi connectivity index (χ3v) is 3.98. The molecular weight excluding hydrogens is 240 g/mol. The maximum atomic E-state index is 11.2. The fourth-order valence-corrected chi connectivity index (χ4v) is 2.69. The van der Waals surface area contributed by atoms with Crippen molar-refractivity contribution in [2.75, 3.05) is 0 Å². The molecule has 0 aliphatic heterocycles. The van der Waals surface area contributed by atoms with Gasteiger partial charge >= 0.3 is 0 Å². The molecule has 0 aliphatic carbocycles. The Morgan fingerprint density at radius 1 is 1.06 bits per heavy atom. The molecule has 2 heteroatoms. The molecule has 0 saturated heterocycles. The molecule has 92 valence electrons. The molecule has 0 N–H and O–H groups in total. The van der Waals surface area contributed by atoms with Gasteiger partial charge in [0.15, 0.2) is 5.78 Å². The zero-order valence-corrected chi connectivity index (χ0v) is 11.5. The fraction of sp³-hybridized carbons (Fsp3) is 0.188. The van der Waals surface area contributed by atoms with Crippen LogP contribution in [0, 0.1) is 6.92 Å². The normalized spacial score (nSPS) is 10.3. The van der Waals surface area contributed by atoms with Crippen molar-refractivity contribution in [3.8, 4) is 0 Å². The van der Waals surface area contributed by atoms with Crippen LogP contribution in [0.25, 0.3) is 0 Å². The van der Waals surface area contributed by atoms with Gasteiger partial charge in [-0.25, -0.2) is 0 Å². The van der Waals surface area contributed by atoms with E-state index in [1.54, 1.807) is 18.7 Å². The first-order valence-electron chi connectivity index (χ1n) is 5.95. The zero-order valence-electron chi connectivity index (χ0n) is 10.6. The molecule has 2 aromatic carbocycles. The van der Waals surface area contributed by atoms with Crippen molar-refractivity contribution >= 4 is 17.5 Å². The highest BCUT2D eigenvalue weighted by atomic mass is 32.2. The van der Waals surface area contributed by atoms with Gasteiger partial charge in [-0.15, -0.1) is 11.8 Å². The quantitative estimate of drug-likeness (QED) is 0.592. The maximum Gasteiger partial charge on any atom is 0.159 e. The molecule has 0 aromatic heterocycles. The van der Waals surface area contributed by atoms with Crippen molar-refractivity contribution in [2.45, 2.75) is 24.5 Å². The molecule has 0 unspecified atom stereocenters. The van der Waals surface area contributed by atoms with E-state index in [4.69, 9.17) is 0 Å². The van der Waals surface area contributed by atoms with E-state index in [1.165, 1.54) is 16.0 Å². The predicted molar refractivity (Wildman–Crippen MR) is 77.2 cm³/mol. The largest absolute Gasteiger partial charge is 0.295 e. The van der Waals surface area contributed by atoms with Crippen molar-refractivity contribution in [1.82, 2.24) is 0 Å². The lowest BCUT2D eigenvalue weighted by molar-refractivity contribution is 0.101. The van der Waals surface area contributed by atoms with Crippen LogP contribution in [0.5, 0.6) is 0 Å². The number of benzene rings is 2. The molecule has 0 radical (unpaired) electrons. The van der Waals surface area contributed by atoms with Crippen LogP contribution in [0.15, 0.2) is 53.4 Å². The SMILES string of the molecule is CC(=O)c1ccc(SCc2ccccc2C)cc1. The summed E-state index contributed by atoms with van der Waals surface area (Å²) < 4.78 is 0. The fourth-order valence-electron chi connectivity index (χ4n) is 1.72. The first-order chi connectivity index (χ1) is 8.66. The van der Waals surface area contributed by atoms with Crippen LogP contribution in [0.1, 0.15) is 28.4 Å². The lowest BCUT2D eigenvalue weighted by atomic mass is 10.1. The smallest absolute Gasteiger partial charge is 0.159 e. The van der Waals surface area contributed by atoms with Gasteiger partial charge in [0.2, 0.25) is 0 Å². The number of aryl methyl sites for hydroxylation is 1. The third-order valence-electron chi connectivity index (χ3n) is 2.92. The van der Waals surface area contributed by atoms with Gasteiger partial charge in [0.25, 0.3) is 0 Å². The zero-order chi connectivity index (χ0) is 13.0. The van der Waals surface area contributed by atoms with E-state index in [9.17, 15) is 4.79 Å². The van der Waals surface area contributed by atoms with Crippen LogP contribution >= 0.6 is 11.8 Å². The van der Waals surface area contributed by atoms with Gasteiger partial charge in [-0.05, 0) is 37.1 Å². The summed E-state index contributed by atoms with van der Waals surface area (Å²) in [5.41, 5.74) is 3.46. The molecule has 2 aromatic rings. The molecular formula is C16H16OS. The van der Waals surface area contributed by atoms with Gasteiger partial charge in [-0.2, -0.15) is 0 Å². The summed E-state index contributed by atoms with van der Waals surface area (Å²) in [6, 6.07) is 16.2. The van der Waals surface area contributed by atoms with Crippen molar-refractivity contribution in [1.29, 1.82) is 0 Å². The predicted octanol–water partition coefficient (Wildman–Crippen LogP) is 4.49. The molecule has 0 fully saturated rings. The Kier molecular flexibility index (Phi) is 4.21. The van der Waals surface area contributed by atoms with Crippen LogP contribution in [0.2, 0.25) is 0 Å². The number of thioether (sulfide) groups is 1. The number of hydrogen-bond donors (Lipinski definition) is 0. The number of hydrogen-bond acceptors (Lipinski definition) is 2. The second kappa shape index (κ2) is 5.87. The molecule has 0 bridgehead atoms. The number of rotatable bonds is 4. The minimum atomic E-state index is 0.116. The number of ketones is 1. The summed E-state index contributed by atoms with van der Waals surface area (Å²) in [7, 11) is 0. The molecule has 0 spiro atoms. The maximum absolute atomic E-state index is 11.2. The van der Waals surface area contributed by atoms with Gasteiger partial charge in [-0.3, -0.25) is 4.79 Å². The van der Waals surface area contributed by atoms with E-state index in [2.05, 4.69) is 31.2 Å². The standard InChI is InChI=1S/C16H16OS/c1-12-5-3-4-6-15(12)11-18-16-9-7-14(8-10-16)13(2)17/h3-10H,11H2,1-2H3. The van der Waals surface area contributed by atoms with Gasteiger partial charge < -0.3 is 0 Å². The number of Topliss-reactive ketones (excluding diaryl/α,β-unsaturated/α-hetero) is 1. The summed E-state index contributed by atoms with van der Waals surface area (Å²) in [6.07, 6.45) is 0. The van der Waals surface area contributed by atoms with Crippen LogP contribution in [-0.4, -0.2) is 5.78 Å². The van der Waals surface area contributed by atoms with E-state index >= 15 is 0 Å². The van der Waals surface area contributed by atoms with Crippen LogP contribution < -0.4 is 0 Å². The monoisotopic (exact) mass is 256 g/mol. The third kappa shape index (κ3) is 3.23. The topological polar surface area (TPSA) is 17.1 Å². The van der Waals surface area contributed by atoms with Crippen LogP contribution in [0.4, 0.5) is 0 Å². The minimum Gasteiger partial charge on any atom is -0.295 e. The van der Waals surface area contributed by atoms with Gasteiger partial charge in [0, 0.05) is 16.2 Å². The lowest BCUT2D eigenvalue weighted by Crippen LogP contribution is -1.90. The molecule has 0 atom stereocenters. The Morgan fingerprint density at radius 2 is 1.72 bits per heavy atom. The van der Waals surface area contributed by atoms with Crippen molar-refractivity contribution < 1.29 is 4.79 Å². The van der Waals surface area contributed by atoms with Gasteiger partial charge in [0.05, 0.1) is 0 Å². The summed E-state index contributed by atoms with van der Waals surface area (Å²) in [4.78, 5) is 12.4. The summed E-state index contributed by atoms with van der Waals surface area (Å²) >= 11 is 1.80. The average Bonchev–Trinajstić information content (AvgIpc) is 2.38. The highest BCUT2D eigenvalue weighted by Gasteiger charge is 2.01. The van der Waals surface area contributed by atoms with E-state index in [0.717, 1.165) is 11.3 Å². The lowest BCUT2D eigenvalue weighted by Gasteiger charge is -2.05. The Labute approximate surface area is 112 Å². The summed E-state index contributed by atoms with van der Waals surface area (Å²) in [5, 5.41) is 0. The van der Waals surface area contributed by atoms with Gasteiger partial charge in [-0.1, -0.05) is 36.4 Å². The molecule has 0 saturated carbocycles. The molecule has 18 heavy (non-hydrogen) atoms. The van der Waals surface area contributed by atoms with Gasteiger partial charge in [0.1, 0.15) is 0 Å². The second-order valence-electron chi connectivity index (χ2n) is 4.30. The molecule has 1 nitrogen and oxygen atoms in total. The molecule has 0 aliphatic rings. The highest BCUT2D eigenvalue weighted by molar-refractivity contribution is 7.98. The molecule has 0 heterocycles. The Bertz CT molecular complexity index is 543. The van der Waals surface area contributed by atoms with E-state index in [-0.39, 0.29) is 5.78 Å². The average molecular weight is 256 g/mol. The Morgan fingerprint density at radius 3 is 2.33 bits per heavy atom. The van der Waals surface area contributed by atoms with Crippen molar-refractivity contribution in [3.63, 3.8) is 0 Å². The molecule has 0 amide bonds. The van der Waals surface area contributed by atoms with Crippen molar-refractivity contribution in [3.05, 3.63) is 65.2 Å². The van der Waals surface area contributed by atoms with Crippen LogP contribution in [-0.2, 0) is 5.75 Å². The second-order valence-corrected chi connectivity index (χ2v) is 5.34. The number of carbonyl (C=O) groups excluding carboxylic acids is 1. The number of carbonyl (C=O) groups is 1. The summed E-state index contributed by atoms with van der Waals surface area (Å²) in [5.74, 6) is 1.08. The minimum absolute atomic E-state index is 0.116. The first kappa shape index (κ1) is 12.9. The van der Waals surface area contributed by atoms with E-state index < -0.39 is 0 Å². The van der Waals surface area contributed by atoms with Crippen molar-refractivity contribution in [2.24, 2.45) is 0 Å².